The number of carbonyl (C=O) groups is 2. The van der Waals surface area contributed by atoms with Gasteiger partial charge in [0.15, 0.2) is 0 Å². The predicted molar refractivity (Wildman–Crippen MR) is 128 cm³/mol. The van der Waals surface area contributed by atoms with Crippen molar-refractivity contribution in [3.63, 3.8) is 0 Å². The summed E-state index contributed by atoms with van der Waals surface area (Å²) in [6.07, 6.45) is 0. The smallest absolute Gasteiger partial charge is 0.282 e. The van der Waals surface area contributed by atoms with Gasteiger partial charge in [-0.15, -0.1) is 0 Å². The summed E-state index contributed by atoms with van der Waals surface area (Å²) < 4.78 is 5.46. The summed E-state index contributed by atoms with van der Waals surface area (Å²) in [5, 5.41) is 11.1. The van der Waals surface area contributed by atoms with Gasteiger partial charge in [-0.05, 0) is 54.4 Å². The molecule has 172 valence electrons. The van der Waals surface area contributed by atoms with E-state index in [1.54, 1.807) is 36.2 Å². The van der Waals surface area contributed by atoms with E-state index in [0.717, 1.165) is 10.5 Å². The quantitative estimate of drug-likeness (QED) is 0.283. The van der Waals surface area contributed by atoms with E-state index in [-0.39, 0.29) is 17.0 Å². The van der Waals surface area contributed by atoms with Crippen molar-refractivity contribution in [3.05, 3.63) is 106 Å². The number of anilines is 1. The SMILES string of the molecule is CCOc1ccc(N2C(=O)C(c3ccc([N+](=O)[O-])cc3)=C(N(C)Cc3ccccc3)C2=O)cc1. The molecule has 0 bridgehead atoms. The van der Waals surface area contributed by atoms with Crippen LogP contribution in [0.25, 0.3) is 5.57 Å². The predicted octanol–water partition coefficient (Wildman–Crippen LogP) is 4.41. The lowest BCUT2D eigenvalue weighted by atomic mass is 10.0. The van der Waals surface area contributed by atoms with Gasteiger partial charge in [0.1, 0.15) is 11.4 Å². The maximum Gasteiger partial charge on any atom is 0.282 e. The first-order chi connectivity index (χ1) is 16.4. The zero-order chi connectivity index (χ0) is 24.2. The average molecular weight is 457 g/mol. The highest BCUT2D eigenvalue weighted by Gasteiger charge is 2.41. The minimum Gasteiger partial charge on any atom is -0.494 e. The third kappa shape index (κ3) is 4.38. The van der Waals surface area contributed by atoms with Gasteiger partial charge in [0, 0.05) is 25.7 Å². The normalized spacial score (nSPS) is 13.4. The molecule has 0 saturated heterocycles. The number of imide groups is 1. The number of nitro benzene ring substituents is 1. The first kappa shape index (κ1) is 22.7. The number of rotatable bonds is 8. The highest BCUT2D eigenvalue weighted by atomic mass is 16.6. The van der Waals surface area contributed by atoms with Gasteiger partial charge in [-0.25, -0.2) is 4.90 Å². The third-order valence-electron chi connectivity index (χ3n) is 5.48. The van der Waals surface area contributed by atoms with Crippen LogP contribution in [-0.2, 0) is 16.1 Å². The largest absolute Gasteiger partial charge is 0.494 e. The molecular weight excluding hydrogens is 434 g/mol. The van der Waals surface area contributed by atoms with Crippen LogP contribution in [0.15, 0.2) is 84.6 Å². The summed E-state index contributed by atoms with van der Waals surface area (Å²) in [5.74, 6) is -0.311. The topological polar surface area (TPSA) is 93.0 Å². The molecule has 4 rings (SSSR count). The van der Waals surface area contributed by atoms with Gasteiger partial charge in [-0.3, -0.25) is 19.7 Å². The van der Waals surface area contributed by atoms with Crippen molar-refractivity contribution < 1.29 is 19.2 Å². The molecule has 0 N–H and O–H groups in total. The molecule has 0 saturated carbocycles. The maximum absolute atomic E-state index is 13.6. The molecule has 0 fully saturated rings. The Kier molecular flexibility index (Phi) is 6.40. The summed E-state index contributed by atoms with van der Waals surface area (Å²) in [5.41, 5.74) is 2.17. The molecule has 3 aromatic carbocycles. The molecule has 8 heteroatoms. The molecule has 0 spiro atoms. The first-order valence-corrected chi connectivity index (χ1v) is 10.8. The van der Waals surface area contributed by atoms with Gasteiger partial charge in [0.2, 0.25) is 0 Å². The summed E-state index contributed by atoms with van der Waals surface area (Å²) in [6.45, 7) is 2.78. The fourth-order valence-corrected chi connectivity index (χ4v) is 3.91. The number of amides is 2. The Balaban J connectivity index is 1.76. The van der Waals surface area contributed by atoms with Crippen molar-refractivity contribution in [3.8, 4) is 5.75 Å². The summed E-state index contributed by atoms with van der Waals surface area (Å²) >= 11 is 0. The van der Waals surface area contributed by atoms with Crippen molar-refractivity contribution in [2.24, 2.45) is 0 Å². The third-order valence-corrected chi connectivity index (χ3v) is 5.48. The van der Waals surface area contributed by atoms with E-state index in [2.05, 4.69) is 0 Å². The van der Waals surface area contributed by atoms with Crippen LogP contribution < -0.4 is 9.64 Å². The summed E-state index contributed by atoms with van der Waals surface area (Å²) in [6, 6.07) is 22.0. The van der Waals surface area contributed by atoms with Gasteiger partial charge in [-0.1, -0.05) is 30.3 Å². The number of likely N-dealkylation sites (N-methyl/N-ethyl adjacent to an activating group) is 1. The average Bonchev–Trinajstić information content (AvgIpc) is 3.10. The number of hydrogen-bond donors (Lipinski definition) is 0. The molecular formula is C26H23N3O5. The summed E-state index contributed by atoms with van der Waals surface area (Å²) in [7, 11) is 1.75. The highest BCUT2D eigenvalue weighted by Crippen LogP contribution is 2.36. The number of nitrogens with zero attached hydrogens (tertiary/aromatic N) is 3. The molecule has 0 unspecified atom stereocenters. The molecule has 1 aliphatic rings. The molecule has 3 aromatic rings. The molecule has 2 amide bonds. The number of non-ortho nitro benzene ring substituents is 1. The number of nitro groups is 1. The van der Waals surface area contributed by atoms with Crippen molar-refractivity contribution in [2.45, 2.75) is 13.5 Å². The van der Waals surface area contributed by atoms with E-state index in [0.29, 0.717) is 30.2 Å². The van der Waals surface area contributed by atoms with Gasteiger partial charge in [0.05, 0.1) is 22.8 Å². The molecule has 0 aromatic heterocycles. The van der Waals surface area contributed by atoms with Crippen molar-refractivity contribution in [1.29, 1.82) is 0 Å². The van der Waals surface area contributed by atoms with Crippen molar-refractivity contribution in [1.82, 2.24) is 4.90 Å². The number of hydrogen-bond acceptors (Lipinski definition) is 6. The monoisotopic (exact) mass is 457 g/mol. The fourth-order valence-electron chi connectivity index (χ4n) is 3.91. The lowest BCUT2D eigenvalue weighted by Gasteiger charge is -2.21. The van der Waals surface area contributed by atoms with E-state index >= 15 is 0 Å². The van der Waals surface area contributed by atoms with E-state index in [1.165, 1.54) is 24.3 Å². The Labute approximate surface area is 196 Å². The van der Waals surface area contributed by atoms with Crippen LogP contribution in [0.4, 0.5) is 11.4 Å². The van der Waals surface area contributed by atoms with Gasteiger partial charge in [0.25, 0.3) is 17.5 Å². The van der Waals surface area contributed by atoms with Crippen LogP contribution in [0.1, 0.15) is 18.1 Å². The minimum absolute atomic E-state index is 0.0938. The molecule has 0 radical (unpaired) electrons. The second-order valence-corrected chi connectivity index (χ2v) is 7.74. The zero-order valence-corrected chi connectivity index (χ0v) is 18.8. The van der Waals surface area contributed by atoms with Gasteiger partial charge in [-0.2, -0.15) is 0 Å². The van der Waals surface area contributed by atoms with Crippen LogP contribution in [0.5, 0.6) is 5.75 Å². The molecule has 1 aliphatic heterocycles. The van der Waals surface area contributed by atoms with Crippen LogP contribution in [0.3, 0.4) is 0 Å². The Morgan fingerprint density at radius 1 is 0.912 bits per heavy atom. The van der Waals surface area contributed by atoms with Crippen LogP contribution in [-0.4, -0.2) is 35.3 Å². The first-order valence-electron chi connectivity index (χ1n) is 10.8. The molecule has 8 nitrogen and oxygen atoms in total. The molecule has 0 atom stereocenters. The van der Waals surface area contributed by atoms with E-state index < -0.39 is 16.7 Å². The Morgan fingerprint density at radius 2 is 1.56 bits per heavy atom. The lowest BCUT2D eigenvalue weighted by molar-refractivity contribution is -0.384. The van der Waals surface area contributed by atoms with Crippen LogP contribution in [0.2, 0.25) is 0 Å². The van der Waals surface area contributed by atoms with Gasteiger partial charge < -0.3 is 9.64 Å². The second kappa shape index (κ2) is 9.58. The minimum atomic E-state index is -0.506. The Morgan fingerprint density at radius 3 is 2.15 bits per heavy atom. The summed E-state index contributed by atoms with van der Waals surface area (Å²) in [4.78, 5) is 40.6. The standard InChI is InChI=1S/C26H23N3O5/c1-3-34-22-15-13-20(14-16-22)28-25(30)23(19-9-11-21(12-10-19)29(32)33)24(26(28)31)27(2)17-18-7-5-4-6-8-18/h4-16H,3,17H2,1-2H3. The highest BCUT2D eigenvalue weighted by molar-refractivity contribution is 6.45. The lowest BCUT2D eigenvalue weighted by Crippen LogP contribution is -2.34. The number of carbonyl (C=O) groups excluding carboxylic acids is 2. The fraction of sp³-hybridized carbons (Fsp3) is 0.154. The number of benzene rings is 3. The second-order valence-electron chi connectivity index (χ2n) is 7.74. The number of ether oxygens (including phenoxy) is 1. The van der Waals surface area contributed by atoms with Crippen molar-refractivity contribution >= 4 is 28.8 Å². The molecule has 1 heterocycles. The van der Waals surface area contributed by atoms with Crippen molar-refractivity contribution in [2.75, 3.05) is 18.6 Å². The maximum atomic E-state index is 13.6. The Hall–Kier alpha value is -4.46. The van der Waals surface area contributed by atoms with E-state index in [9.17, 15) is 19.7 Å². The molecule has 0 aliphatic carbocycles. The molecule has 34 heavy (non-hydrogen) atoms. The van der Waals surface area contributed by atoms with Crippen LogP contribution in [0, 0.1) is 10.1 Å². The van der Waals surface area contributed by atoms with Gasteiger partial charge >= 0.3 is 0 Å². The van der Waals surface area contributed by atoms with E-state index in [1.807, 2.05) is 37.3 Å². The van der Waals surface area contributed by atoms with E-state index in [4.69, 9.17) is 4.74 Å². The van der Waals surface area contributed by atoms with Crippen LogP contribution >= 0.6 is 0 Å². The zero-order valence-electron chi connectivity index (χ0n) is 18.8. The Bertz CT molecular complexity index is 1250.